The molecule has 2 nitrogen and oxygen atoms in total. The molecule has 1 saturated carbocycles. The van der Waals surface area contributed by atoms with Crippen LogP contribution in [-0.2, 0) is 0 Å². The fourth-order valence-electron chi connectivity index (χ4n) is 2.37. The molecule has 1 aromatic rings. The summed E-state index contributed by atoms with van der Waals surface area (Å²) in [6, 6.07) is 8.32. The molecule has 1 aromatic carbocycles. The number of hydrogen-bond donors (Lipinski definition) is 1. The molecule has 0 saturated heterocycles. The summed E-state index contributed by atoms with van der Waals surface area (Å²) in [5, 5.41) is 9.49. The minimum atomic E-state index is -0.370. The van der Waals surface area contributed by atoms with E-state index < -0.39 is 0 Å². The molecule has 1 N–H and O–H groups in total. The molecule has 17 heavy (non-hydrogen) atoms. The normalized spacial score (nSPS) is 17.6. The van der Waals surface area contributed by atoms with Crippen molar-refractivity contribution >= 4 is 5.69 Å². The summed E-state index contributed by atoms with van der Waals surface area (Å²) in [5.41, 5.74) is 2.28. The SMILES string of the molecule is CCN(CC1CCC1)c1ccc([C@H](C)O)cc1. The van der Waals surface area contributed by atoms with Gasteiger partial charge in [-0.3, -0.25) is 0 Å². The Balaban J connectivity index is 2.02. The Morgan fingerprint density at radius 3 is 2.35 bits per heavy atom. The van der Waals surface area contributed by atoms with Crippen molar-refractivity contribution in [2.75, 3.05) is 18.0 Å². The van der Waals surface area contributed by atoms with Crippen molar-refractivity contribution in [1.29, 1.82) is 0 Å². The smallest absolute Gasteiger partial charge is 0.0761 e. The van der Waals surface area contributed by atoms with Gasteiger partial charge in [-0.2, -0.15) is 0 Å². The Bertz CT molecular complexity index is 340. The van der Waals surface area contributed by atoms with E-state index in [2.05, 4.69) is 24.0 Å². The summed E-state index contributed by atoms with van der Waals surface area (Å²) in [4.78, 5) is 2.44. The third kappa shape index (κ3) is 3.01. The van der Waals surface area contributed by atoms with Crippen molar-refractivity contribution in [2.45, 2.75) is 39.2 Å². The van der Waals surface area contributed by atoms with E-state index in [1.165, 1.54) is 31.5 Å². The van der Waals surface area contributed by atoms with E-state index in [1.807, 2.05) is 12.1 Å². The molecule has 1 fully saturated rings. The van der Waals surface area contributed by atoms with Gasteiger partial charge in [-0.25, -0.2) is 0 Å². The Morgan fingerprint density at radius 1 is 1.29 bits per heavy atom. The van der Waals surface area contributed by atoms with Crippen LogP contribution in [0.25, 0.3) is 0 Å². The van der Waals surface area contributed by atoms with Gasteiger partial charge in [-0.15, -0.1) is 0 Å². The number of nitrogens with zero attached hydrogens (tertiary/aromatic N) is 1. The Labute approximate surface area is 104 Å². The standard InChI is InChI=1S/C15H23NO/c1-3-16(11-13-5-4-6-13)15-9-7-14(8-10-15)12(2)17/h7-10,12-13,17H,3-6,11H2,1-2H3/t12-/m0/s1. The quantitative estimate of drug-likeness (QED) is 0.843. The predicted octanol–water partition coefficient (Wildman–Crippen LogP) is 3.37. The summed E-state index contributed by atoms with van der Waals surface area (Å²) in [6.45, 7) is 6.26. The number of hydrogen-bond acceptors (Lipinski definition) is 2. The van der Waals surface area contributed by atoms with Crippen LogP contribution < -0.4 is 4.90 Å². The van der Waals surface area contributed by atoms with Crippen LogP contribution >= 0.6 is 0 Å². The molecule has 0 amide bonds. The molecule has 1 atom stereocenters. The monoisotopic (exact) mass is 233 g/mol. The molecule has 0 aromatic heterocycles. The van der Waals surface area contributed by atoms with Gasteiger partial charge in [0.05, 0.1) is 6.10 Å². The van der Waals surface area contributed by atoms with E-state index in [9.17, 15) is 5.11 Å². The van der Waals surface area contributed by atoms with Crippen LogP contribution in [0.5, 0.6) is 0 Å². The minimum Gasteiger partial charge on any atom is -0.389 e. The third-order valence-corrected chi connectivity index (χ3v) is 3.83. The van der Waals surface area contributed by atoms with E-state index in [0.29, 0.717) is 0 Å². The number of anilines is 1. The zero-order valence-corrected chi connectivity index (χ0v) is 10.9. The number of benzene rings is 1. The van der Waals surface area contributed by atoms with Crippen LogP contribution in [0.15, 0.2) is 24.3 Å². The molecule has 0 aliphatic heterocycles. The summed E-state index contributed by atoms with van der Waals surface area (Å²) in [7, 11) is 0. The molecule has 2 heteroatoms. The van der Waals surface area contributed by atoms with E-state index in [-0.39, 0.29) is 6.10 Å². The highest BCUT2D eigenvalue weighted by molar-refractivity contribution is 5.47. The highest BCUT2D eigenvalue weighted by Crippen LogP contribution is 2.29. The lowest BCUT2D eigenvalue weighted by Crippen LogP contribution is -2.32. The van der Waals surface area contributed by atoms with Crippen molar-refractivity contribution in [1.82, 2.24) is 0 Å². The van der Waals surface area contributed by atoms with Crippen LogP contribution in [0.3, 0.4) is 0 Å². The van der Waals surface area contributed by atoms with Crippen LogP contribution in [0.1, 0.15) is 44.8 Å². The molecule has 0 bridgehead atoms. The first-order valence-electron chi connectivity index (χ1n) is 6.73. The minimum absolute atomic E-state index is 0.370. The number of rotatable bonds is 5. The molecule has 0 spiro atoms. The number of aliphatic hydroxyl groups is 1. The van der Waals surface area contributed by atoms with E-state index in [4.69, 9.17) is 0 Å². The maximum atomic E-state index is 9.49. The lowest BCUT2D eigenvalue weighted by molar-refractivity contribution is 0.199. The zero-order chi connectivity index (χ0) is 12.3. The Hall–Kier alpha value is -1.02. The third-order valence-electron chi connectivity index (χ3n) is 3.83. The first kappa shape index (κ1) is 12.4. The fourth-order valence-corrected chi connectivity index (χ4v) is 2.37. The highest BCUT2D eigenvalue weighted by Gasteiger charge is 2.20. The predicted molar refractivity (Wildman–Crippen MR) is 72.3 cm³/mol. The summed E-state index contributed by atoms with van der Waals surface area (Å²) < 4.78 is 0. The topological polar surface area (TPSA) is 23.5 Å². The first-order chi connectivity index (χ1) is 8.20. The van der Waals surface area contributed by atoms with Gasteiger partial charge in [0.25, 0.3) is 0 Å². The lowest BCUT2D eigenvalue weighted by atomic mass is 9.85. The Kier molecular flexibility index (Phi) is 4.06. The number of aliphatic hydroxyl groups excluding tert-OH is 1. The van der Waals surface area contributed by atoms with Gasteiger partial charge in [0, 0.05) is 18.8 Å². The molecule has 1 aliphatic rings. The van der Waals surface area contributed by atoms with Gasteiger partial charge >= 0.3 is 0 Å². The summed E-state index contributed by atoms with van der Waals surface area (Å²) in [6.07, 6.45) is 3.82. The first-order valence-corrected chi connectivity index (χ1v) is 6.73. The molecule has 0 radical (unpaired) electrons. The van der Waals surface area contributed by atoms with Crippen LogP contribution in [-0.4, -0.2) is 18.2 Å². The van der Waals surface area contributed by atoms with Crippen molar-refractivity contribution < 1.29 is 5.11 Å². The van der Waals surface area contributed by atoms with Gasteiger partial charge in [-0.1, -0.05) is 18.6 Å². The second-order valence-electron chi connectivity index (χ2n) is 5.10. The maximum absolute atomic E-state index is 9.49. The molecule has 1 aliphatic carbocycles. The van der Waals surface area contributed by atoms with Crippen molar-refractivity contribution in [3.63, 3.8) is 0 Å². The van der Waals surface area contributed by atoms with Crippen LogP contribution in [0, 0.1) is 5.92 Å². The fraction of sp³-hybridized carbons (Fsp3) is 0.600. The second-order valence-corrected chi connectivity index (χ2v) is 5.10. The molecule has 0 unspecified atom stereocenters. The maximum Gasteiger partial charge on any atom is 0.0761 e. The van der Waals surface area contributed by atoms with E-state index >= 15 is 0 Å². The van der Waals surface area contributed by atoms with E-state index in [0.717, 1.165) is 18.0 Å². The van der Waals surface area contributed by atoms with Crippen molar-refractivity contribution in [2.24, 2.45) is 5.92 Å². The average Bonchev–Trinajstić information content (AvgIpc) is 2.28. The average molecular weight is 233 g/mol. The largest absolute Gasteiger partial charge is 0.389 e. The van der Waals surface area contributed by atoms with Gasteiger partial charge in [0.15, 0.2) is 0 Å². The summed E-state index contributed by atoms with van der Waals surface area (Å²) >= 11 is 0. The molecular weight excluding hydrogens is 210 g/mol. The molecule has 0 heterocycles. The van der Waals surface area contributed by atoms with E-state index in [1.54, 1.807) is 6.92 Å². The zero-order valence-electron chi connectivity index (χ0n) is 10.9. The van der Waals surface area contributed by atoms with Gasteiger partial charge in [0.2, 0.25) is 0 Å². The second kappa shape index (κ2) is 5.54. The van der Waals surface area contributed by atoms with Crippen molar-refractivity contribution in [3.8, 4) is 0 Å². The van der Waals surface area contributed by atoms with Crippen LogP contribution in [0.4, 0.5) is 5.69 Å². The van der Waals surface area contributed by atoms with Crippen molar-refractivity contribution in [3.05, 3.63) is 29.8 Å². The molecule has 94 valence electrons. The summed E-state index contributed by atoms with van der Waals surface area (Å²) in [5.74, 6) is 0.895. The lowest BCUT2D eigenvalue weighted by Gasteiger charge is -2.33. The molecular formula is C15H23NO. The molecule has 2 rings (SSSR count). The Morgan fingerprint density at radius 2 is 1.94 bits per heavy atom. The van der Waals surface area contributed by atoms with Crippen LogP contribution in [0.2, 0.25) is 0 Å². The van der Waals surface area contributed by atoms with Gasteiger partial charge < -0.3 is 10.0 Å². The van der Waals surface area contributed by atoms with Gasteiger partial charge in [0.1, 0.15) is 0 Å². The highest BCUT2D eigenvalue weighted by atomic mass is 16.3. The van der Waals surface area contributed by atoms with Gasteiger partial charge in [-0.05, 0) is 50.3 Å².